The second kappa shape index (κ2) is 10.2. The van der Waals surface area contributed by atoms with Crippen LogP contribution in [0.15, 0.2) is 59.7 Å². The van der Waals surface area contributed by atoms with Gasteiger partial charge in [-0.15, -0.1) is 0 Å². The van der Waals surface area contributed by atoms with Gasteiger partial charge in [0.15, 0.2) is 5.75 Å². The van der Waals surface area contributed by atoms with Gasteiger partial charge in [0.2, 0.25) is 5.75 Å². The van der Waals surface area contributed by atoms with E-state index in [0.29, 0.717) is 11.3 Å². The number of ether oxygens (including phenoxy) is 2. The van der Waals surface area contributed by atoms with E-state index in [2.05, 4.69) is 10.5 Å². The van der Waals surface area contributed by atoms with Gasteiger partial charge in [0.25, 0.3) is 5.69 Å². The molecule has 0 aliphatic carbocycles. The van der Waals surface area contributed by atoms with Crippen LogP contribution in [0.25, 0.3) is 0 Å². The summed E-state index contributed by atoms with van der Waals surface area (Å²) in [7, 11) is 1.39. The van der Waals surface area contributed by atoms with Gasteiger partial charge >= 0.3 is 5.69 Å². The lowest BCUT2D eigenvalue weighted by Gasteiger charge is -2.13. The Morgan fingerprint density at radius 3 is 2.52 bits per heavy atom. The van der Waals surface area contributed by atoms with Crippen LogP contribution in [0.2, 0.25) is 0 Å². The molecule has 0 unspecified atom stereocenters. The smallest absolute Gasteiger partial charge is 0.315 e. The van der Waals surface area contributed by atoms with Crippen molar-refractivity contribution in [3.63, 3.8) is 0 Å². The number of rotatable bonds is 9. The first kappa shape index (κ1) is 23.2. The lowest BCUT2D eigenvalue weighted by Crippen LogP contribution is -2.04. The van der Waals surface area contributed by atoms with Crippen molar-refractivity contribution in [2.24, 2.45) is 5.10 Å². The maximum absolute atomic E-state index is 11.7. The molecular weight excluding hydrogens is 428 g/mol. The highest BCUT2D eigenvalue weighted by atomic mass is 16.6. The fraction of sp³-hybridized carbons (Fsp3) is 0.174. The minimum absolute atomic E-state index is 0.0206. The molecule has 0 atom stereocenters. The largest absolute Gasteiger partial charge is 0.493 e. The predicted octanol–water partition coefficient (Wildman–Crippen LogP) is 5.15. The van der Waals surface area contributed by atoms with Gasteiger partial charge in [0, 0.05) is 23.8 Å². The molecule has 3 aromatic carbocycles. The van der Waals surface area contributed by atoms with E-state index in [1.54, 1.807) is 12.1 Å². The summed E-state index contributed by atoms with van der Waals surface area (Å²) in [5.41, 5.74) is 6.09. The number of hydrazone groups is 1. The Labute approximate surface area is 189 Å². The van der Waals surface area contributed by atoms with Gasteiger partial charge in [-0.3, -0.25) is 25.7 Å². The van der Waals surface area contributed by atoms with E-state index in [1.165, 1.54) is 37.6 Å². The number of aryl methyl sites for hydroxylation is 2. The molecule has 0 aliphatic rings. The number of anilines is 1. The summed E-state index contributed by atoms with van der Waals surface area (Å²) < 4.78 is 11.2. The van der Waals surface area contributed by atoms with Crippen molar-refractivity contribution in [2.75, 3.05) is 12.5 Å². The molecule has 10 nitrogen and oxygen atoms in total. The van der Waals surface area contributed by atoms with Crippen LogP contribution in [-0.4, -0.2) is 23.2 Å². The monoisotopic (exact) mass is 450 g/mol. The summed E-state index contributed by atoms with van der Waals surface area (Å²) in [6.45, 7) is 4.05. The van der Waals surface area contributed by atoms with Crippen molar-refractivity contribution in [2.45, 2.75) is 20.5 Å². The Bertz CT molecular complexity index is 1230. The third kappa shape index (κ3) is 5.82. The quantitative estimate of drug-likeness (QED) is 0.271. The standard InChI is InChI=1S/C23H22N4O6/c1-15-7-8-16(2)18(9-15)14-33-23-21(27(30)31)10-17(11-22(23)32-3)13-24-25-19-5-4-6-20(12-19)26(28)29/h4-13,25H,14H2,1-3H3. The fourth-order valence-electron chi connectivity index (χ4n) is 3.09. The zero-order valence-corrected chi connectivity index (χ0v) is 18.3. The van der Waals surface area contributed by atoms with Crippen molar-refractivity contribution in [1.29, 1.82) is 0 Å². The molecule has 33 heavy (non-hydrogen) atoms. The van der Waals surface area contributed by atoms with Crippen LogP contribution >= 0.6 is 0 Å². The third-order valence-electron chi connectivity index (χ3n) is 4.82. The number of nitrogens with zero attached hydrogens (tertiary/aromatic N) is 3. The van der Waals surface area contributed by atoms with Crippen molar-refractivity contribution in [1.82, 2.24) is 0 Å². The predicted molar refractivity (Wildman–Crippen MR) is 124 cm³/mol. The summed E-state index contributed by atoms with van der Waals surface area (Å²) in [6, 6.07) is 14.6. The van der Waals surface area contributed by atoms with E-state index in [4.69, 9.17) is 9.47 Å². The average Bonchev–Trinajstić information content (AvgIpc) is 2.79. The molecule has 10 heteroatoms. The zero-order chi connectivity index (χ0) is 24.0. The molecule has 0 bridgehead atoms. The molecule has 3 aromatic rings. The molecule has 0 fully saturated rings. The molecule has 0 saturated heterocycles. The molecular formula is C23H22N4O6. The number of nitro groups is 2. The van der Waals surface area contributed by atoms with Crippen molar-refractivity contribution < 1.29 is 19.3 Å². The van der Waals surface area contributed by atoms with Gasteiger partial charge < -0.3 is 9.47 Å². The van der Waals surface area contributed by atoms with Gasteiger partial charge in [-0.1, -0.05) is 29.8 Å². The van der Waals surface area contributed by atoms with E-state index < -0.39 is 9.85 Å². The Morgan fingerprint density at radius 1 is 1.03 bits per heavy atom. The summed E-state index contributed by atoms with van der Waals surface area (Å²) in [4.78, 5) is 21.5. The third-order valence-corrected chi connectivity index (χ3v) is 4.82. The van der Waals surface area contributed by atoms with Crippen molar-refractivity contribution >= 4 is 23.3 Å². The van der Waals surface area contributed by atoms with Gasteiger partial charge in [-0.2, -0.15) is 5.10 Å². The number of methoxy groups -OCH3 is 1. The van der Waals surface area contributed by atoms with Crippen LogP contribution < -0.4 is 14.9 Å². The topological polar surface area (TPSA) is 129 Å². The first-order valence-electron chi connectivity index (χ1n) is 9.87. The minimum atomic E-state index is -0.549. The Balaban J connectivity index is 1.84. The van der Waals surface area contributed by atoms with E-state index >= 15 is 0 Å². The molecule has 0 radical (unpaired) electrons. The highest BCUT2D eigenvalue weighted by Crippen LogP contribution is 2.38. The van der Waals surface area contributed by atoms with E-state index in [0.717, 1.165) is 16.7 Å². The molecule has 0 aliphatic heterocycles. The second-order valence-electron chi connectivity index (χ2n) is 7.22. The highest BCUT2D eigenvalue weighted by Gasteiger charge is 2.22. The molecule has 0 spiro atoms. The average molecular weight is 450 g/mol. The number of benzene rings is 3. The minimum Gasteiger partial charge on any atom is -0.493 e. The van der Waals surface area contributed by atoms with Crippen molar-refractivity contribution in [3.8, 4) is 11.5 Å². The first-order valence-corrected chi connectivity index (χ1v) is 9.87. The Kier molecular flexibility index (Phi) is 7.19. The van der Waals surface area contributed by atoms with Gasteiger partial charge in [0.05, 0.1) is 28.9 Å². The van der Waals surface area contributed by atoms with Crippen LogP contribution in [0.5, 0.6) is 11.5 Å². The Hall–Kier alpha value is -4.47. The fourth-order valence-corrected chi connectivity index (χ4v) is 3.09. The van der Waals surface area contributed by atoms with Crippen LogP contribution in [0.3, 0.4) is 0 Å². The second-order valence-corrected chi connectivity index (χ2v) is 7.22. The first-order chi connectivity index (χ1) is 15.8. The van der Waals surface area contributed by atoms with Gasteiger partial charge in [-0.25, -0.2) is 0 Å². The maximum Gasteiger partial charge on any atom is 0.315 e. The molecule has 0 heterocycles. The Morgan fingerprint density at radius 2 is 1.82 bits per heavy atom. The highest BCUT2D eigenvalue weighted by molar-refractivity contribution is 5.83. The molecule has 0 aromatic heterocycles. The van der Waals surface area contributed by atoms with Crippen LogP contribution in [-0.2, 0) is 6.61 Å². The number of nitro benzene ring substituents is 2. The SMILES string of the molecule is COc1cc(C=NNc2cccc([N+](=O)[O-])c2)cc([N+](=O)[O-])c1OCc1cc(C)ccc1C. The van der Waals surface area contributed by atoms with E-state index in [-0.39, 0.29) is 29.5 Å². The molecule has 0 amide bonds. The number of hydrogen-bond donors (Lipinski definition) is 1. The molecule has 3 rings (SSSR count). The maximum atomic E-state index is 11.7. The molecule has 1 N–H and O–H groups in total. The van der Waals surface area contributed by atoms with Crippen LogP contribution in [0.4, 0.5) is 17.1 Å². The normalized spacial score (nSPS) is 10.8. The summed E-state index contributed by atoms with van der Waals surface area (Å²) in [5.74, 6) is 0.207. The van der Waals surface area contributed by atoms with E-state index in [9.17, 15) is 20.2 Å². The molecule has 170 valence electrons. The lowest BCUT2D eigenvalue weighted by molar-refractivity contribution is -0.386. The summed E-state index contributed by atoms with van der Waals surface area (Å²) in [6.07, 6.45) is 1.35. The van der Waals surface area contributed by atoms with E-state index in [1.807, 2.05) is 32.0 Å². The molecule has 0 saturated carbocycles. The number of nitrogens with one attached hydrogen (secondary N) is 1. The summed E-state index contributed by atoms with van der Waals surface area (Å²) >= 11 is 0. The number of hydrogen-bond acceptors (Lipinski definition) is 8. The number of non-ortho nitro benzene ring substituents is 1. The van der Waals surface area contributed by atoms with Crippen LogP contribution in [0.1, 0.15) is 22.3 Å². The van der Waals surface area contributed by atoms with Crippen molar-refractivity contribution in [3.05, 3.63) is 97.1 Å². The zero-order valence-electron chi connectivity index (χ0n) is 18.3. The summed E-state index contributed by atoms with van der Waals surface area (Å²) in [5, 5.41) is 26.6. The van der Waals surface area contributed by atoms with Gasteiger partial charge in [0.1, 0.15) is 6.61 Å². The van der Waals surface area contributed by atoms with Crippen LogP contribution in [0, 0.1) is 34.1 Å². The lowest BCUT2D eigenvalue weighted by atomic mass is 10.1. The van der Waals surface area contributed by atoms with Gasteiger partial charge in [-0.05, 0) is 37.1 Å².